The van der Waals surface area contributed by atoms with E-state index in [1.54, 1.807) is 18.2 Å². The molecule has 0 aliphatic heterocycles. The number of fused-ring (bicyclic) bond motifs is 1. The lowest BCUT2D eigenvalue weighted by molar-refractivity contribution is -0.131. The van der Waals surface area contributed by atoms with E-state index in [1.165, 1.54) is 11.1 Å². The molecular formula is C27H27Cl2NO3. The summed E-state index contributed by atoms with van der Waals surface area (Å²) in [7, 11) is 0. The van der Waals surface area contributed by atoms with Crippen LogP contribution < -0.4 is 5.32 Å². The number of carboxylic acid groups (broad SMARTS) is 1. The van der Waals surface area contributed by atoms with Gasteiger partial charge in [-0.1, -0.05) is 66.2 Å². The molecule has 172 valence electrons. The first-order valence-corrected chi connectivity index (χ1v) is 11.2. The second-order valence-corrected chi connectivity index (χ2v) is 8.63. The molecule has 0 bridgehead atoms. The number of hydrogen-bond donors (Lipinski definition) is 3. The minimum atomic E-state index is -0.951. The molecule has 0 aromatic heterocycles. The van der Waals surface area contributed by atoms with Crippen molar-refractivity contribution in [2.45, 2.75) is 31.4 Å². The molecule has 3 aromatic carbocycles. The van der Waals surface area contributed by atoms with E-state index in [9.17, 15) is 9.90 Å². The number of halogens is 2. The molecular weight excluding hydrogens is 457 g/mol. The fraction of sp³-hybridized carbons (Fsp3) is 0.222. The minimum absolute atomic E-state index is 0. The van der Waals surface area contributed by atoms with Gasteiger partial charge in [0, 0.05) is 23.7 Å². The van der Waals surface area contributed by atoms with Gasteiger partial charge in [-0.2, -0.15) is 0 Å². The molecule has 0 saturated heterocycles. The summed E-state index contributed by atoms with van der Waals surface area (Å²) in [6, 6.07) is 22.1. The lowest BCUT2D eigenvalue weighted by atomic mass is 9.86. The van der Waals surface area contributed by atoms with Gasteiger partial charge in [-0.05, 0) is 70.9 Å². The van der Waals surface area contributed by atoms with Crippen LogP contribution in [0.15, 0.2) is 72.8 Å². The number of rotatable bonds is 7. The molecule has 3 N–H and O–H groups in total. The molecule has 1 aliphatic carbocycles. The van der Waals surface area contributed by atoms with Crippen LogP contribution >= 0.6 is 24.0 Å². The highest BCUT2D eigenvalue weighted by molar-refractivity contribution is 6.30. The van der Waals surface area contributed by atoms with E-state index in [-0.39, 0.29) is 12.4 Å². The molecule has 2 atom stereocenters. The first-order valence-electron chi connectivity index (χ1n) is 10.8. The second-order valence-electron chi connectivity index (χ2n) is 8.19. The average molecular weight is 484 g/mol. The van der Waals surface area contributed by atoms with E-state index in [0.29, 0.717) is 17.6 Å². The molecule has 4 nitrogen and oxygen atoms in total. The Balaban J connectivity index is 0.00000306. The number of aliphatic hydroxyl groups is 1. The maximum atomic E-state index is 10.7. The van der Waals surface area contributed by atoms with E-state index in [2.05, 4.69) is 23.5 Å². The lowest BCUT2D eigenvalue weighted by Gasteiger charge is -2.27. The van der Waals surface area contributed by atoms with Crippen LogP contribution in [0.5, 0.6) is 0 Å². The Labute approximate surface area is 205 Å². The van der Waals surface area contributed by atoms with Crippen LogP contribution in [0.3, 0.4) is 0 Å². The Bertz CT molecular complexity index is 1110. The van der Waals surface area contributed by atoms with Crippen molar-refractivity contribution < 1.29 is 15.0 Å². The van der Waals surface area contributed by atoms with Gasteiger partial charge in [0.15, 0.2) is 0 Å². The Morgan fingerprint density at radius 1 is 1.03 bits per heavy atom. The third-order valence-electron chi connectivity index (χ3n) is 5.95. The van der Waals surface area contributed by atoms with Crippen molar-refractivity contribution in [3.63, 3.8) is 0 Å². The van der Waals surface area contributed by atoms with E-state index in [0.717, 1.165) is 47.6 Å². The number of carbonyl (C=O) groups is 1. The number of aliphatic carboxylic acids is 1. The molecule has 0 spiro atoms. The predicted molar refractivity (Wildman–Crippen MR) is 136 cm³/mol. The molecule has 0 radical (unpaired) electrons. The summed E-state index contributed by atoms with van der Waals surface area (Å²) in [5, 5.41) is 23.4. The monoisotopic (exact) mass is 483 g/mol. The fourth-order valence-electron chi connectivity index (χ4n) is 4.15. The van der Waals surface area contributed by atoms with Crippen LogP contribution in [0.25, 0.3) is 17.2 Å². The third kappa shape index (κ3) is 6.68. The summed E-state index contributed by atoms with van der Waals surface area (Å²) >= 11 is 5.93. The topological polar surface area (TPSA) is 69.6 Å². The maximum absolute atomic E-state index is 10.7. The van der Waals surface area contributed by atoms with E-state index >= 15 is 0 Å². The van der Waals surface area contributed by atoms with Crippen molar-refractivity contribution in [1.82, 2.24) is 5.32 Å². The Hall–Kier alpha value is -2.63. The van der Waals surface area contributed by atoms with Crippen molar-refractivity contribution in [3.8, 4) is 11.1 Å². The van der Waals surface area contributed by atoms with Gasteiger partial charge in [-0.15, -0.1) is 12.4 Å². The van der Waals surface area contributed by atoms with Gasteiger partial charge in [0.25, 0.3) is 0 Å². The van der Waals surface area contributed by atoms with Gasteiger partial charge in [0.1, 0.15) is 0 Å². The van der Waals surface area contributed by atoms with Crippen LogP contribution in [-0.4, -0.2) is 28.8 Å². The number of hydrogen-bond acceptors (Lipinski definition) is 3. The Morgan fingerprint density at radius 3 is 2.42 bits per heavy atom. The van der Waals surface area contributed by atoms with Crippen molar-refractivity contribution in [1.29, 1.82) is 0 Å². The number of carboxylic acids is 1. The average Bonchev–Trinajstić information content (AvgIpc) is 2.81. The summed E-state index contributed by atoms with van der Waals surface area (Å²) in [5.74, 6) is -0.951. The van der Waals surface area contributed by atoms with E-state index in [4.69, 9.17) is 16.7 Å². The van der Waals surface area contributed by atoms with Crippen LogP contribution in [-0.2, 0) is 17.6 Å². The minimum Gasteiger partial charge on any atom is -0.478 e. The number of benzene rings is 3. The van der Waals surface area contributed by atoms with Crippen molar-refractivity contribution in [2.24, 2.45) is 0 Å². The molecule has 4 rings (SSSR count). The molecule has 0 heterocycles. The van der Waals surface area contributed by atoms with Crippen molar-refractivity contribution >= 4 is 36.1 Å². The van der Waals surface area contributed by atoms with Crippen LogP contribution in [0.1, 0.15) is 34.8 Å². The van der Waals surface area contributed by atoms with Gasteiger partial charge in [0.05, 0.1) is 6.10 Å². The zero-order valence-corrected chi connectivity index (χ0v) is 19.6. The molecule has 0 unspecified atom stereocenters. The zero-order chi connectivity index (χ0) is 22.5. The highest BCUT2D eigenvalue weighted by Crippen LogP contribution is 2.28. The van der Waals surface area contributed by atoms with E-state index in [1.807, 2.05) is 36.4 Å². The molecule has 0 amide bonds. The van der Waals surface area contributed by atoms with Crippen molar-refractivity contribution in [3.05, 3.63) is 100 Å². The smallest absolute Gasteiger partial charge is 0.328 e. The summed E-state index contributed by atoms with van der Waals surface area (Å²) in [6.07, 6.45) is 5.16. The van der Waals surface area contributed by atoms with Crippen LogP contribution in [0.2, 0.25) is 5.02 Å². The SMILES string of the molecule is Cl.O=C(O)C=Cc1ccc(-c2ccc3c(c2)C[C@@H](NC[C@H](O)c2ccc(Cl)cc2)CC3)cc1. The molecule has 3 aromatic rings. The summed E-state index contributed by atoms with van der Waals surface area (Å²) < 4.78 is 0. The summed E-state index contributed by atoms with van der Waals surface area (Å²) in [6.45, 7) is 0.507. The largest absolute Gasteiger partial charge is 0.478 e. The second kappa shape index (κ2) is 11.5. The molecule has 6 heteroatoms. The molecule has 0 fully saturated rings. The fourth-order valence-corrected chi connectivity index (χ4v) is 4.27. The summed E-state index contributed by atoms with van der Waals surface area (Å²) in [5.41, 5.74) is 6.70. The van der Waals surface area contributed by atoms with Gasteiger partial charge in [-0.25, -0.2) is 4.79 Å². The highest BCUT2D eigenvalue weighted by atomic mass is 35.5. The lowest BCUT2D eigenvalue weighted by Crippen LogP contribution is -2.37. The number of nitrogens with one attached hydrogen (secondary N) is 1. The maximum Gasteiger partial charge on any atom is 0.328 e. The molecule has 33 heavy (non-hydrogen) atoms. The zero-order valence-electron chi connectivity index (χ0n) is 18.1. The summed E-state index contributed by atoms with van der Waals surface area (Å²) in [4.78, 5) is 10.7. The van der Waals surface area contributed by atoms with Gasteiger partial charge in [-0.3, -0.25) is 0 Å². The van der Waals surface area contributed by atoms with Crippen molar-refractivity contribution in [2.75, 3.05) is 6.54 Å². The standard InChI is InChI=1S/C27H26ClNO3.ClH/c28-24-11-8-21(9-12-24)26(30)17-29-25-13-10-20-6-7-22(15-23(20)16-25)19-4-1-18(2-5-19)3-14-27(31)32;/h1-9,11-12,14-15,25-26,29-30H,10,13,16-17H2,(H,31,32);1H/t25-,26-;/m0./s1. The van der Waals surface area contributed by atoms with Crippen LogP contribution in [0, 0.1) is 0 Å². The Kier molecular flexibility index (Phi) is 8.70. The molecule has 1 aliphatic rings. The highest BCUT2D eigenvalue weighted by Gasteiger charge is 2.20. The Morgan fingerprint density at radius 2 is 1.73 bits per heavy atom. The first kappa shape index (κ1) is 25.0. The quantitative estimate of drug-likeness (QED) is 0.376. The van der Waals surface area contributed by atoms with E-state index < -0.39 is 12.1 Å². The number of aliphatic hydroxyl groups excluding tert-OH is 1. The predicted octanol–water partition coefficient (Wildman–Crippen LogP) is 5.71. The molecule has 0 saturated carbocycles. The van der Waals surface area contributed by atoms with Crippen LogP contribution in [0.4, 0.5) is 0 Å². The number of aryl methyl sites for hydroxylation is 1. The van der Waals surface area contributed by atoms with Gasteiger partial charge < -0.3 is 15.5 Å². The third-order valence-corrected chi connectivity index (χ3v) is 6.20. The first-order chi connectivity index (χ1) is 15.5. The van der Waals surface area contributed by atoms with Gasteiger partial charge in [0.2, 0.25) is 0 Å². The van der Waals surface area contributed by atoms with Gasteiger partial charge >= 0.3 is 5.97 Å². The normalized spacial score (nSPS) is 16.1.